The number of hydrogen-bond donors (Lipinski definition) is 2. The molecule has 1 aromatic heterocycles. The molecule has 0 aliphatic carbocycles. The minimum atomic E-state index is 0.234. The maximum absolute atomic E-state index is 5.84. The van der Waals surface area contributed by atoms with Gasteiger partial charge in [-0.3, -0.25) is 4.98 Å². The molecule has 0 aromatic carbocycles. The highest BCUT2D eigenvalue weighted by Crippen LogP contribution is 2.03. The Bertz CT molecular complexity index is 223. The summed E-state index contributed by atoms with van der Waals surface area (Å²) in [7, 11) is 0. The zero-order valence-corrected chi connectivity index (χ0v) is 7.82. The Morgan fingerprint density at radius 3 is 2.54 bits per heavy atom. The maximum atomic E-state index is 5.84. The molecule has 1 atom stereocenters. The lowest BCUT2D eigenvalue weighted by Gasteiger charge is -2.09. The molecule has 1 heterocycles. The molecule has 72 valence electrons. The Balaban J connectivity index is 2.27. The first-order chi connectivity index (χ1) is 6.33. The van der Waals surface area contributed by atoms with Gasteiger partial charge in [-0.05, 0) is 43.5 Å². The van der Waals surface area contributed by atoms with Gasteiger partial charge >= 0.3 is 0 Å². The van der Waals surface area contributed by atoms with E-state index in [2.05, 4.69) is 4.98 Å². The van der Waals surface area contributed by atoms with Gasteiger partial charge in [-0.2, -0.15) is 0 Å². The molecule has 1 aromatic rings. The SMILES string of the molecule is NCCC(N)CCc1ccncc1. The number of hydrogen-bond acceptors (Lipinski definition) is 3. The minimum Gasteiger partial charge on any atom is -0.330 e. The zero-order valence-electron chi connectivity index (χ0n) is 7.82. The molecule has 3 heteroatoms. The first-order valence-corrected chi connectivity index (χ1v) is 4.67. The third-order valence-corrected chi connectivity index (χ3v) is 2.09. The van der Waals surface area contributed by atoms with Crippen molar-refractivity contribution < 1.29 is 0 Å². The Labute approximate surface area is 79.2 Å². The molecule has 1 rings (SSSR count). The lowest BCUT2D eigenvalue weighted by atomic mass is 10.0. The number of aryl methyl sites for hydroxylation is 1. The summed E-state index contributed by atoms with van der Waals surface area (Å²) in [6, 6.07) is 4.28. The fourth-order valence-electron chi connectivity index (χ4n) is 1.26. The van der Waals surface area contributed by atoms with Gasteiger partial charge in [0.2, 0.25) is 0 Å². The quantitative estimate of drug-likeness (QED) is 0.699. The van der Waals surface area contributed by atoms with Crippen LogP contribution in [0.4, 0.5) is 0 Å². The van der Waals surface area contributed by atoms with Crippen molar-refractivity contribution in [1.82, 2.24) is 4.98 Å². The summed E-state index contributed by atoms with van der Waals surface area (Å²) in [4.78, 5) is 3.96. The van der Waals surface area contributed by atoms with Crippen LogP contribution < -0.4 is 11.5 Å². The van der Waals surface area contributed by atoms with Crippen molar-refractivity contribution in [3.63, 3.8) is 0 Å². The summed E-state index contributed by atoms with van der Waals surface area (Å²) in [6.07, 6.45) is 6.55. The van der Waals surface area contributed by atoms with E-state index in [1.165, 1.54) is 5.56 Å². The molecule has 0 aliphatic rings. The van der Waals surface area contributed by atoms with Crippen molar-refractivity contribution in [3.05, 3.63) is 30.1 Å². The molecular weight excluding hydrogens is 162 g/mol. The average Bonchev–Trinajstić information content (AvgIpc) is 2.17. The van der Waals surface area contributed by atoms with Gasteiger partial charge in [-0.1, -0.05) is 0 Å². The van der Waals surface area contributed by atoms with Crippen LogP contribution in [0.25, 0.3) is 0 Å². The second-order valence-corrected chi connectivity index (χ2v) is 3.23. The average molecular weight is 179 g/mol. The Morgan fingerprint density at radius 2 is 1.92 bits per heavy atom. The van der Waals surface area contributed by atoms with Crippen LogP contribution in [-0.2, 0) is 6.42 Å². The van der Waals surface area contributed by atoms with Crippen molar-refractivity contribution in [2.45, 2.75) is 25.3 Å². The molecule has 0 fully saturated rings. The molecule has 0 spiro atoms. The highest BCUT2D eigenvalue weighted by molar-refractivity contribution is 5.09. The van der Waals surface area contributed by atoms with Crippen LogP contribution in [0.1, 0.15) is 18.4 Å². The van der Waals surface area contributed by atoms with E-state index in [0.29, 0.717) is 6.54 Å². The van der Waals surface area contributed by atoms with Crippen LogP contribution in [0.3, 0.4) is 0 Å². The van der Waals surface area contributed by atoms with Crippen LogP contribution in [0.2, 0.25) is 0 Å². The van der Waals surface area contributed by atoms with Gasteiger partial charge in [-0.25, -0.2) is 0 Å². The van der Waals surface area contributed by atoms with Crippen molar-refractivity contribution >= 4 is 0 Å². The largest absolute Gasteiger partial charge is 0.330 e. The molecule has 0 amide bonds. The van der Waals surface area contributed by atoms with E-state index in [1.54, 1.807) is 0 Å². The van der Waals surface area contributed by atoms with Crippen LogP contribution >= 0.6 is 0 Å². The standard InChI is InChI=1S/C10H17N3/c11-6-3-10(12)2-1-9-4-7-13-8-5-9/h4-5,7-8,10H,1-3,6,11-12H2. The number of nitrogens with two attached hydrogens (primary N) is 2. The van der Waals surface area contributed by atoms with Gasteiger partial charge in [-0.15, -0.1) is 0 Å². The summed E-state index contributed by atoms with van der Waals surface area (Å²) in [5, 5.41) is 0. The number of pyridine rings is 1. The number of rotatable bonds is 5. The topological polar surface area (TPSA) is 64.9 Å². The van der Waals surface area contributed by atoms with Gasteiger partial charge in [0.05, 0.1) is 0 Å². The van der Waals surface area contributed by atoms with E-state index in [1.807, 2.05) is 24.5 Å². The monoisotopic (exact) mass is 179 g/mol. The van der Waals surface area contributed by atoms with E-state index in [-0.39, 0.29) is 6.04 Å². The second-order valence-electron chi connectivity index (χ2n) is 3.23. The molecule has 4 N–H and O–H groups in total. The summed E-state index contributed by atoms with van der Waals surface area (Å²) >= 11 is 0. The Morgan fingerprint density at radius 1 is 1.23 bits per heavy atom. The second kappa shape index (κ2) is 5.67. The van der Waals surface area contributed by atoms with Crippen LogP contribution in [0.5, 0.6) is 0 Å². The third kappa shape index (κ3) is 4.01. The lowest BCUT2D eigenvalue weighted by Crippen LogP contribution is -2.24. The van der Waals surface area contributed by atoms with Crippen LogP contribution in [-0.4, -0.2) is 17.6 Å². The molecule has 0 bridgehead atoms. The maximum Gasteiger partial charge on any atom is 0.0270 e. The lowest BCUT2D eigenvalue weighted by molar-refractivity contribution is 0.575. The highest BCUT2D eigenvalue weighted by atomic mass is 14.6. The van der Waals surface area contributed by atoms with Gasteiger partial charge in [0, 0.05) is 18.4 Å². The van der Waals surface area contributed by atoms with Gasteiger partial charge in [0.1, 0.15) is 0 Å². The van der Waals surface area contributed by atoms with E-state index < -0.39 is 0 Å². The Hall–Kier alpha value is -0.930. The van der Waals surface area contributed by atoms with Crippen LogP contribution in [0, 0.1) is 0 Å². The predicted octanol–water partition coefficient (Wildman–Crippen LogP) is 0.690. The summed E-state index contributed by atoms with van der Waals surface area (Å²) < 4.78 is 0. The fraction of sp³-hybridized carbons (Fsp3) is 0.500. The minimum absolute atomic E-state index is 0.234. The van der Waals surface area contributed by atoms with Crippen molar-refractivity contribution in [1.29, 1.82) is 0 Å². The van der Waals surface area contributed by atoms with Gasteiger partial charge in [0.15, 0.2) is 0 Å². The molecule has 0 saturated heterocycles. The molecule has 13 heavy (non-hydrogen) atoms. The molecule has 0 saturated carbocycles. The molecule has 0 radical (unpaired) electrons. The Kier molecular flexibility index (Phi) is 4.43. The van der Waals surface area contributed by atoms with Crippen molar-refractivity contribution in [3.8, 4) is 0 Å². The molecule has 1 unspecified atom stereocenters. The van der Waals surface area contributed by atoms with Gasteiger partial charge in [0.25, 0.3) is 0 Å². The third-order valence-electron chi connectivity index (χ3n) is 2.09. The summed E-state index contributed by atoms with van der Waals surface area (Å²) in [5.41, 5.74) is 12.5. The highest BCUT2D eigenvalue weighted by Gasteiger charge is 2.01. The first kappa shape index (κ1) is 10.2. The van der Waals surface area contributed by atoms with Gasteiger partial charge < -0.3 is 11.5 Å². The summed E-state index contributed by atoms with van der Waals surface area (Å²) in [5.74, 6) is 0. The normalized spacial score (nSPS) is 12.8. The molecule has 0 aliphatic heterocycles. The van der Waals surface area contributed by atoms with Crippen molar-refractivity contribution in [2.75, 3.05) is 6.54 Å². The van der Waals surface area contributed by atoms with E-state index in [4.69, 9.17) is 11.5 Å². The van der Waals surface area contributed by atoms with E-state index in [9.17, 15) is 0 Å². The predicted molar refractivity (Wildman–Crippen MR) is 54.2 cm³/mol. The fourth-order valence-corrected chi connectivity index (χ4v) is 1.26. The summed E-state index contributed by atoms with van der Waals surface area (Å²) in [6.45, 7) is 0.678. The van der Waals surface area contributed by atoms with E-state index >= 15 is 0 Å². The van der Waals surface area contributed by atoms with Crippen LogP contribution in [0.15, 0.2) is 24.5 Å². The van der Waals surface area contributed by atoms with E-state index in [0.717, 1.165) is 19.3 Å². The molecule has 3 nitrogen and oxygen atoms in total. The first-order valence-electron chi connectivity index (χ1n) is 4.67. The van der Waals surface area contributed by atoms with Crippen molar-refractivity contribution in [2.24, 2.45) is 11.5 Å². The number of nitrogens with zero attached hydrogens (tertiary/aromatic N) is 1. The molecular formula is C10H17N3. The zero-order chi connectivity index (χ0) is 9.52. The smallest absolute Gasteiger partial charge is 0.0270 e. The number of aromatic nitrogens is 1.